The third-order valence-corrected chi connectivity index (χ3v) is 4.44. The lowest BCUT2D eigenvalue weighted by atomic mass is 9.90. The molecule has 1 amide bonds. The largest absolute Gasteiger partial charge is 0.481 e. The summed E-state index contributed by atoms with van der Waals surface area (Å²) in [5.74, 6) is -0.932. The van der Waals surface area contributed by atoms with Crippen molar-refractivity contribution < 1.29 is 14.7 Å². The molecule has 0 bridgehead atoms. The molecule has 5 nitrogen and oxygen atoms in total. The van der Waals surface area contributed by atoms with Crippen LogP contribution in [0.5, 0.6) is 0 Å². The van der Waals surface area contributed by atoms with E-state index in [-0.39, 0.29) is 12.5 Å². The molecule has 1 N–H and O–H groups in total. The summed E-state index contributed by atoms with van der Waals surface area (Å²) in [4.78, 5) is 29.9. The maximum absolute atomic E-state index is 12.3. The van der Waals surface area contributed by atoms with Crippen LogP contribution < -0.4 is 0 Å². The first kappa shape index (κ1) is 13.0. The number of aromatic nitrogens is 1. The quantitative estimate of drug-likeness (QED) is 0.886. The van der Waals surface area contributed by atoms with Crippen molar-refractivity contribution in [2.45, 2.75) is 27.2 Å². The van der Waals surface area contributed by atoms with E-state index in [4.69, 9.17) is 5.11 Å². The molecule has 98 valence electrons. The molecule has 0 radical (unpaired) electrons. The maximum atomic E-state index is 12.3. The van der Waals surface area contributed by atoms with Gasteiger partial charge in [0.15, 0.2) is 0 Å². The van der Waals surface area contributed by atoms with Crippen molar-refractivity contribution in [3.8, 4) is 0 Å². The Balaban J connectivity index is 2.18. The zero-order chi connectivity index (χ0) is 13.5. The standard InChI is InChI=1S/C12H16N2O3S/c1-7-9(18-8(2)13-7)10(15)14-5-4-12(3,6-14)11(16)17/h4-6H2,1-3H3,(H,16,17)/t12-/m1/s1. The van der Waals surface area contributed by atoms with E-state index in [0.717, 1.165) is 10.7 Å². The van der Waals surface area contributed by atoms with Crippen LogP contribution in [0.1, 0.15) is 33.7 Å². The smallest absolute Gasteiger partial charge is 0.311 e. The summed E-state index contributed by atoms with van der Waals surface area (Å²) in [6.07, 6.45) is 0.505. The number of thiazole rings is 1. The summed E-state index contributed by atoms with van der Waals surface area (Å²) < 4.78 is 0. The number of carbonyl (C=O) groups excluding carboxylic acids is 1. The lowest BCUT2D eigenvalue weighted by Gasteiger charge is -2.19. The first-order chi connectivity index (χ1) is 8.33. The molecule has 1 fully saturated rings. The van der Waals surface area contributed by atoms with Crippen molar-refractivity contribution in [3.05, 3.63) is 15.6 Å². The Labute approximate surface area is 109 Å². The van der Waals surface area contributed by atoms with E-state index < -0.39 is 11.4 Å². The van der Waals surface area contributed by atoms with E-state index >= 15 is 0 Å². The molecule has 0 saturated carbocycles. The molecule has 0 unspecified atom stereocenters. The van der Waals surface area contributed by atoms with Crippen molar-refractivity contribution in [3.63, 3.8) is 0 Å². The van der Waals surface area contributed by atoms with Gasteiger partial charge in [-0.2, -0.15) is 0 Å². The van der Waals surface area contributed by atoms with Crippen molar-refractivity contribution in [1.82, 2.24) is 9.88 Å². The van der Waals surface area contributed by atoms with Gasteiger partial charge in [-0.25, -0.2) is 4.98 Å². The molecular formula is C12H16N2O3S. The number of rotatable bonds is 2. The number of carboxylic acid groups (broad SMARTS) is 1. The van der Waals surface area contributed by atoms with E-state index in [9.17, 15) is 9.59 Å². The van der Waals surface area contributed by atoms with Crippen LogP contribution in [0.2, 0.25) is 0 Å². The van der Waals surface area contributed by atoms with Crippen LogP contribution in [-0.4, -0.2) is 40.0 Å². The fraction of sp³-hybridized carbons (Fsp3) is 0.583. The number of aliphatic carboxylic acids is 1. The number of hydrogen-bond donors (Lipinski definition) is 1. The monoisotopic (exact) mass is 268 g/mol. The van der Waals surface area contributed by atoms with Gasteiger partial charge in [-0.3, -0.25) is 9.59 Å². The predicted octanol–water partition coefficient (Wildman–Crippen LogP) is 1.70. The highest BCUT2D eigenvalue weighted by molar-refractivity contribution is 7.13. The predicted molar refractivity (Wildman–Crippen MR) is 67.9 cm³/mol. The van der Waals surface area contributed by atoms with Gasteiger partial charge in [0.05, 0.1) is 16.1 Å². The zero-order valence-corrected chi connectivity index (χ0v) is 11.5. The average molecular weight is 268 g/mol. The van der Waals surface area contributed by atoms with E-state index in [1.807, 2.05) is 13.8 Å². The lowest BCUT2D eigenvalue weighted by Crippen LogP contribution is -2.34. The number of amides is 1. The Morgan fingerprint density at radius 1 is 1.44 bits per heavy atom. The van der Waals surface area contributed by atoms with Crippen LogP contribution >= 0.6 is 11.3 Å². The lowest BCUT2D eigenvalue weighted by molar-refractivity contribution is -0.147. The molecule has 1 saturated heterocycles. The van der Waals surface area contributed by atoms with Gasteiger partial charge in [0.2, 0.25) is 0 Å². The molecule has 1 aromatic rings. The number of likely N-dealkylation sites (tertiary alicyclic amines) is 1. The first-order valence-corrected chi connectivity index (χ1v) is 6.62. The SMILES string of the molecule is Cc1nc(C)c(C(=O)N2CC[C@@](C)(C(=O)O)C2)s1. The zero-order valence-electron chi connectivity index (χ0n) is 10.7. The van der Waals surface area contributed by atoms with Crippen LogP contribution in [0.15, 0.2) is 0 Å². The second-order valence-electron chi connectivity index (χ2n) is 4.99. The Morgan fingerprint density at radius 3 is 2.56 bits per heavy atom. The Kier molecular flexibility index (Phi) is 3.14. The number of hydrogen-bond acceptors (Lipinski definition) is 4. The molecule has 1 aliphatic rings. The molecule has 6 heteroatoms. The van der Waals surface area contributed by atoms with Crippen LogP contribution in [0, 0.1) is 19.3 Å². The minimum absolute atomic E-state index is 0.0944. The molecular weight excluding hydrogens is 252 g/mol. The van der Waals surface area contributed by atoms with E-state index in [1.165, 1.54) is 11.3 Å². The molecule has 1 atom stereocenters. The number of carbonyl (C=O) groups is 2. The van der Waals surface area contributed by atoms with Gasteiger partial charge in [-0.1, -0.05) is 0 Å². The Bertz CT molecular complexity index is 511. The number of carboxylic acids is 1. The van der Waals surface area contributed by atoms with E-state index in [1.54, 1.807) is 11.8 Å². The molecule has 2 rings (SSSR count). The third kappa shape index (κ3) is 2.12. The second-order valence-corrected chi connectivity index (χ2v) is 6.19. The normalized spacial score (nSPS) is 23.4. The summed E-state index contributed by atoms with van der Waals surface area (Å²) in [5.41, 5.74) is -0.0880. The summed E-state index contributed by atoms with van der Waals surface area (Å²) >= 11 is 1.37. The summed E-state index contributed by atoms with van der Waals surface area (Å²) in [6, 6.07) is 0. The van der Waals surface area contributed by atoms with Gasteiger partial charge in [-0.05, 0) is 27.2 Å². The molecule has 18 heavy (non-hydrogen) atoms. The summed E-state index contributed by atoms with van der Waals surface area (Å²) in [5, 5.41) is 10.0. The molecule has 2 heterocycles. The highest BCUT2D eigenvalue weighted by Gasteiger charge is 2.42. The molecule has 1 aliphatic heterocycles. The van der Waals surface area contributed by atoms with Crippen molar-refractivity contribution in [2.75, 3.05) is 13.1 Å². The highest BCUT2D eigenvalue weighted by atomic mass is 32.1. The third-order valence-electron chi connectivity index (χ3n) is 3.37. The minimum Gasteiger partial charge on any atom is -0.481 e. The van der Waals surface area contributed by atoms with E-state index in [0.29, 0.717) is 17.8 Å². The van der Waals surface area contributed by atoms with Crippen molar-refractivity contribution in [2.24, 2.45) is 5.41 Å². The fourth-order valence-corrected chi connectivity index (χ4v) is 3.07. The number of aryl methyl sites for hydroxylation is 2. The van der Waals surface area contributed by atoms with Gasteiger partial charge >= 0.3 is 5.97 Å². The fourth-order valence-electron chi connectivity index (χ4n) is 2.18. The van der Waals surface area contributed by atoms with Gasteiger partial charge in [0.1, 0.15) is 4.88 Å². The highest BCUT2D eigenvalue weighted by Crippen LogP contribution is 2.32. The van der Waals surface area contributed by atoms with Crippen LogP contribution in [0.3, 0.4) is 0 Å². The van der Waals surface area contributed by atoms with Gasteiger partial charge < -0.3 is 10.0 Å². The Morgan fingerprint density at radius 2 is 2.11 bits per heavy atom. The maximum Gasteiger partial charge on any atom is 0.311 e. The number of nitrogens with zero attached hydrogens (tertiary/aromatic N) is 2. The van der Waals surface area contributed by atoms with Crippen LogP contribution in [0.25, 0.3) is 0 Å². The van der Waals surface area contributed by atoms with Gasteiger partial charge in [-0.15, -0.1) is 11.3 Å². The molecule has 0 spiro atoms. The molecule has 0 aromatic carbocycles. The summed E-state index contributed by atoms with van der Waals surface area (Å²) in [6.45, 7) is 6.13. The van der Waals surface area contributed by atoms with Crippen LogP contribution in [-0.2, 0) is 4.79 Å². The second kappa shape index (κ2) is 4.35. The van der Waals surface area contributed by atoms with Crippen molar-refractivity contribution in [1.29, 1.82) is 0 Å². The van der Waals surface area contributed by atoms with Crippen LogP contribution in [0.4, 0.5) is 0 Å². The topological polar surface area (TPSA) is 70.5 Å². The van der Waals surface area contributed by atoms with Crippen molar-refractivity contribution >= 4 is 23.2 Å². The average Bonchev–Trinajstić information content (AvgIpc) is 2.82. The van der Waals surface area contributed by atoms with Gasteiger partial charge in [0, 0.05) is 13.1 Å². The Hall–Kier alpha value is -1.43. The first-order valence-electron chi connectivity index (χ1n) is 5.80. The molecule has 1 aromatic heterocycles. The molecule has 0 aliphatic carbocycles. The van der Waals surface area contributed by atoms with Gasteiger partial charge in [0.25, 0.3) is 5.91 Å². The summed E-state index contributed by atoms with van der Waals surface area (Å²) in [7, 11) is 0. The minimum atomic E-state index is -0.838. The van der Waals surface area contributed by atoms with E-state index in [2.05, 4.69) is 4.98 Å².